The van der Waals surface area contributed by atoms with E-state index in [2.05, 4.69) is 15.5 Å². The molecule has 3 aromatic heterocycles. The van der Waals surface area contributed by atoms with Crippen LogP contribution in [0.2, 0.25) is 0 Å². The van der Waals surface area contributed by atoms with Crippen LogP contribution >= 0.6 is 0 Å². The Morgan fingerprint density at radius 1 is 1.06 bits per heavy atom. The Labute approximate surface area is 183 Å². The Kier molecular flexibility index (Phi) is 5.76. The molecule has 4 rings (SSSR count). The summed E-state index contributed by atoms with van der Waals surface area (Å²) in [6.07, 6.45) is 3.89. The number of carbonyl (C=O) groups excluding carboxylic acids is 1. The molecule has 32 heavy (non-hydrogen) atoms. The van der Waals surface area contributed by atoms with E-state index in [0.29, 0.717) is 29.8 Å². The van der Waals surface area contributed by atoms with Crippen molar-refractivity contribution in [3.05, 3.63) is 80.9 Å². The van der Waals surface area contributed by atoms with Crippen molar-refractivity contribution >= 4 is 16.9 Å². The molecule has 1 aromatic carbocycles. The van der Waals surface area contributed by atoms with E-state index >= 15 is 0 Å². The van der Waals surface area contributed by atoms with Crippen LogP contribution in [0.15, 0.2) is 58.4 Å². The lowest BCUT2D eigenvalue weighted by Gasteiger charge is -2.19. The number of rotatable bonds is 7. The summed E-state index contributed by atoms with van der Waals surface area (Å²) in [5.41, 5.74) is 0.813. The highest BCUT2D eigenvalue weighted by atomic mass is 16.2. The molecule has 0 bridgehead atoms. The Bertz CT molecular complexity index is 1360. The van der Waals surface area contributed by atoms with Crippen LogP contribution in [0.5, 0.6) is 0 Å². The second kappa shape index (κ2) is 8.66. The van der Waals surface area contributed by atoms with Gasteiger partial charge < -0.3 is 9.88 Å². The first-order valence-corrected chi connectivity index (χ1v) is 10.4. The largest absolute Gasteiger partial charge is 0.342 e. The summed E-state index contributed by atoms with van der Waals surface area (Å²) in [6, 6.07) is 10.7. The zero-order chi connectivity index (χ0) is 22.8. The fourth-order valence-corrected chi connectivity index (χ4v) is 3.93. The van der Waals surface area contributed by atoms with Crippen LogP contribution in [0, 0.1) is 0 Å². The lowest BCUT2D eigenvalue weighted by atomic mass is 10.1. The quantitative estimate of drug-likeness (QED) is 0.469. The van der Waals surface area contributed by atoms with Gasteiger partial charge in [0.05, 0.1) is 30.4 Å². The van der Waals surface area contributed by atoms with E-state index in [1.165, 1.54) is 16.4 Å². The number of hydrogen-bond donors (Lipinski definition) is 1. The highest BCUT2D eigenvalue weighted by Crippen LogP contribution is 2.19. The third-order valence-corrected chi connectivity index (χ3v) is 5.49. The zero-order valence-corrected chi connectivity index (χ0v) is 18.2. The molecule has 0 spiro atoms. The smallest absolute Gasteiger partial charge is 0.332 e. The van der Waals surface area contributed by atoms with E-state index in [-0.39, 0.29) is 5.91 Å². The highest BCUT2D eigenvalue weighted by Gasteiger charge is 2.23. The van der Waals surface area contributed by atoms with E-state index in [4.69, 9.17) is 0 Å². The fraction of sp³-hybridized carbons (Fsp3) is 0.318. The molecule has 3 heterocycles. The minimum Gasteiger partial charge on any atom is -0.342 e. The van der Waals surface area contributed by atoms with Gasteiger partial charge in [-0.3, -0.25) is 18.7 Å². The molecule has 4 aromatic rings. The van der Waals surface area contributed by atoms with Crippen LogP contribution < -0.4 is 16.6 Å². The molecular formula is C22H25N7O3. The Morgan fingerprint density at radius 3 is 2.41 bits per heavy atom. The molecule has 10 nitrogen and oxygen atoms in total. The molecule has 1 amide bonds. The van der Waals surface area contributed by atoms with Crippen molar-refractivity contribution in [3.8, 4) is 0 Å². The molecule has 1 unspecified atom stereocenters. The SMILES string of the molecule is CCCn1c(C(=O)NC(Cn2nccn2)c2ccccc2)cc2c(=O)n(C)c(=O)n(C)c21. The van der Waals surface area contributed by atoms with Crippen molar-refractivity contribution < 1.29 is 4.79 Å². The molecule has 0 aliphatic heterocycles. The van der Waals surface area contributed by atoms with Crippen LogP contribution in [-0.4, -0.2) is 34.6 Å². The van der Waals surface area contributed by atoms with E-state index in [1.807, 2.05) is 37.3 Å². The van der Waals surface area contributed by atoms with Gasteiger partial charge in [-0.25, -0.2) is 4.79 Å². The third kappa shape index (κ3) is 3.75. The predicted molar refractivity (Wildman–Crippen MR) is 119 cm³/mol. The number of aryl methyl sites for hydroxylation is 2. The monoisotopic (exact) mass is 435 g/mol. The van der Waals surface area contributed by atoms with Gasteiger partial charge in [0.25, 0.3) is 11.5 Å². The summed E-state index contributed by atoms with van der Waals surface area (Å²) in [4.78, 5) is 40.2. The van der Waals surface area contributed by atoms with E-state index in [0.717, 1.165) is 16.6 Å². The first-order chi connectivity index (χ1) is 15.4. The average Bonchev–Trinajstić information content (AvgIpc) is 3.45. The molecule has 0 aliphatic carbocycles. The number of fused-ring (bicyclic) bond motifs is 1. The number of nitrogens with one attached hydrogen (secondary N) is 1. The van der Waals surface area contributed by atoms with Gasteiger partial charge in [-0.2, -0.15) is 15.0 Å². The molecule has 0 radical (unpaired) electrons. The maximum absolute atomic E-state index is 13.4. The zero-order valence-electron chi connectivity index (χ0n) is 18.2. The maximum Gasteiger partial charge on any atom is 0.332 e. The Hall–Kier alpha value is -3.95. The minimum absolute atomic E-state index is 0.328. The lowest BCUT2D eigenvalue weighted by Crippen LogP contribution is -2.37. The normalized spacial score (nSPS) is 12.2. The molecule has 10 heteroatoms. The predicted octanol–water partition coefficient (Wildman–Crippen LogP) is 1.21. The van der Waals surface area contributed by atoms with Crippen molar-refractivity contribution in [2.75, 3.05) is 0 Å². The number of nitrogens with zero attached hydrogens (tertiary/aromatic N) is 6. The molecule has 0 saturated heterocycles. The summed E-state index contributed by atoms with van der Waals surface area (Å²) in [6.45, 7) is 2.81. The molecule has 1 atom stereocenters. The van der Waals surface area contributed by atoms with Gasteiger partial charge in [-0.05, 0) is 18.1 Å². The molecule has 0 aliphatic rings. The standard InChI is InChI=1S/C22H25N7O3/c1-4-12-28-18(13-16-20(28)26(2)22(32)27(3)21(16)31)19(30)25-17(14-29-23-10-11-24-29)15-8-6-5-7-9-15/h5-11,13,17H,4,12,14H2,1-3H3,(H,25,30). The van der Waals surface area contributed by atoms with Crippen LogP contribution in [0.25, 0.3) is 11.0 Å². The number of benzene rings is 1. The van der Waals surface area contributed by atoms with Gasteiger partial charge in [-0.15, -0.1) is 0 Å². The van der Waals surface area contributed by atoms with Gasteiger partial charge >= 0.3 is 5.69 Å². The van der Waals surface area contributed by atoms with E-state index < -0.39 is 17.3 Å². The highest BCUT2D eigenvalue weighted by molar-refractivity contribution is 5.98. The number of hydrogen-bond acceptors (Lipinski definition) is 5. The Balaban J connectivity index is 1.79. The topological polar surface area (TPSA) is 109 Å². The number of aromatic nitrogens is 6. The summed E-state index contributed by atoms with van der Waals surface area (Å²) in [7, 11) is 3.04. The first kappa shape index (κ1) is 21.3. The van der Waals surface area contributed by atoms with Gasteiger partial charge in [0.1, 0.15) is 11.3 Å². The van der Waals surface area contributed by atoms with Crippen molar-refractivity contribution in [1.29, 1.82) is 0 Å². The second-order valence-electron chi connectivity index (χ2n) is 7.64. The molecule has 166 valence electrons. The van der Waals surface area contributed by atoms with Gasteiger partial charge in [0, 0.05) is 20.6 Å². The summed E-state index contributed by atoms with van der Waals surface area (Å²) >= 11 is 0. The molecule has 0 fully saturated rings. The van der Waals surface area contributed by atoms with E-state index in [9.17, 15) is 14.4 Å². The van der Waals surface area contributed by atoms with Crippen LogP contribution in [0.4, 0.5) is 0 Å². The second-order valence-corrected chi connectivity index (χ2v) is 7.64. The van der Waals surface area contributed by atoms with Gasteiger partial charge in [-0.1, -0.05) is 37.3 Å². The summed E-state index contributed by atoms with van der Waals surface area (Å²) < 4.78 is 4.20. The van der Waals surface area contributed by atoms with Crippen LogP contribution in [0.3, 0.4) is 0 Å². The maximum atomic E-state index is 13.4. The molecule has 0 saturated carbocycles. The van der Waals surface area contributed by atoms with Gasteiger partial charge in [0.15, 0.2) is 0 Å². The molecular weight excluding hydrogens is 410 g/mol. The summed E-state index contributed by atoms with van der Waals surface area (Å²) in [5.74, 6) is -0.342. The Morgan fingerprint density at radius 2 is 1.75 bits per heavy atom. The number of carbonyl (C=O) groups is 1. The average molecular weight is 435 g/mol. The van der Waals surface area contributed by atoms with Crippen molar-refractivity contribution in [3.63, 3.8) is 0 Å². The van der Waals surface area contributed by atoms with Crippen molar-refractivity contribution in [1.82, 2.24) is 34.0 Å². The third-order valence-electron chi connectivity index (χ3n) is 5.49. The first-order valence-electron chi connectivity index (χ1n) is 10.4. The lowest BCUT2D eigenvalue weighted by molar-refractivity contribution is 0.0921. The van der Waals surface area contributed by atoms with Crippen molar-refractivity contribution in [2.24, 2.45) is 14.1 Å². The van der Waals surface area contributed by atoms with Crippen LogP contribution in [-0.2, 0) is 27.2 Å². The summed E-state index contributed by atoms with van der Waals surface area (Å²) in [5, 5.41) is 11.7. The van der Waals surface area contributed by atoms with Crippen molar-refractivity contribution in [2.45, 2.75) is 32.5 Å². The fourth-order valence-electron chi connectivity index (χ4n) is 3.93. The van der Waals surface area contributed by atoms with Crippen LogP contribution in [0.1, 0.15) is 35.4 Å². The minimum atomic E-state index is -0.433. The number of amides is 1. The van der Waals surface area contributed by atoms with E-state index in [1.54, 1.807) is 30.1 Å². The molecule has 1 N–H and O–H groups in total. The van der Waals surface area contributed by atoms with Gasteiger partial charge in [0.2, 0.25) is 0 Å².